The van der Waals surface area contributed by atoms with Crippen molar-refractivity contribution in [3.8, 4) is 0 Å². The van der Waals surface area contributed by atoms with Gasteiger partial charge in [0.2, 0.25) is 0 Å². The zero-order valence-electron chi connectivity index (χ0n) is 8.47. The summed E-state index contributed by atoms with van der Waals surface area (Å²) in [5.41, 5.74) is 3.80. The highest BCUT2D eigenvalue weighted by Gasteiger charge is 2.07. The summed E-state index contributed by atoms with van der Waals surface area (Å²) in [6.45, 7) is 3.23. The second kappa shape index (κ2) is 5.43. The summed E-state index contributed by atoms with van der Waals surface area (Å²) in [5.74, 6) is 0. The molecule has 0 bridgehead atoms. The number of nitrogens with zero attached hydrogens (tertiary/aromatic N) is 3. The van der Waals surface area contributed by atoms with Crippen LogP contribution in [0.25, 0.3) is 0 Å². The van der Waals surface area contributed by atoms with E-state index in [1.807, 2.05) is 23.2 Å². The minimum atomic E-state index is 0.756. The maximum absolute atomic E-state index is 5.22. The van der Waals surface area contributed by atoms with E-state index in [0.717, 1.165) is 32.0 Å². The third kappa shape index (κ3) is 3.30. The number of aromatic nitrogens is 1. The van der Waals surface area contributed by atoms with Gasteiger partial charge in [-0.25, -0.2) is 10.5 Å². The van der Waals surface area contributed by atoms with Gasteiger partial charge in [-0.3, -0.25) is 4.98 Å². The van der Waals surface area contributed by atoms with E-state index in [1.54, 1.807) is 12.4 Å². The molecule has 0 unspecified atom stereocenters. The number of pyridine rings is 1. The molecular weight excluding hydrogens is 192 g/mol. The van der Waals surface area contributed by atoms with Crippen molar-refractivity contribution < 1.29 is 4.74 Å². The van der Waals surface area contributed by atoms with Crippen molar-refractivity contribution >= 4 is 6.21 Å². The second-order valence-corrected chi connectivity index (χ2v) is 3.21. The van der Waals surface area contributed by atoms with E-state index in [2.05, 4.69) is 15.6 Å². The SMILES string of the molecule is C(=NNN1CCOCC1)c1ccccn1. The van der Waals surface area contributed by atoms with E-state index in [0.29, 0.717) is 0 Å². The van der Waals surface area contributed by atoms with Crippen LogP contribution in [0.2, 0.25) is 0 Å². The zero-order valence-corrected chi connectivity index (χ0v) is 8.47. The fraction of sp³-hybridized carbons (Fsp3) is 0.400. The lowest BCUT2D eigenvalue weighted by Gasteiger charge is -2.25. The molecule has 0 amide bonds. The quantitative estimate of drug-likeness (QED) is 0.569. The van der Waals surface area contributed by atoms with Gasteiger partial charge in [-0.15, -0.1) is 0 Å². The fourth-order valence-electron chi connectivity index (χ4n) is 1.29. The molecule has 2 rings (SSSR count). The van der Waals surface area contributed by atoms with Gasteiger partial charge in [0, 0.05) is 19.3 Å². The molecule has 0 aliphatic carbocycles. The van der Waals surface area contributed by atoms with Crippen LogP contribution >= 0.6 is 0 Å². The molecule has 5 nitrogen and oxygen atoms in total. The Kier molecular flexibility index (Phi) is 3.64. The largest absolute Gasteiger partial charge is 0.379 e. The molecule has 0 atom stereocenters. The number of rotatable bonds is 3. The molecule has 80 valence electrons. The minimum Gasteiger partial charge on any atom is -0.379 e. The molecule has 5 heteroatoms. The number of ether oxygens (including phenoxy) is 1. The van der Waals surface area contributed by atoms with Gasteiger partial charge >= 0.3 is 0 Å². The number of hydrogen-bond donors (Lipinski definition) is 1. The monoisotopic (exact) mass is 206 g/mol. The minimum absolute atomic E-state index is 0.756. The standard InChI is InChI=1S/C10H14N4O/c1-2-4-11-10(3-1)9-12-13-14-5-7-15-8-6-14/h1-4,9,13H,5-8H2. The summed E-state index contributed by atoms with van der Waals surface area (Å²) in [7, 11) is 0. The van der Waals surface area contributed by atoms with Crippen molar-refractivity contribution in [1.29, 1.82) is 0 Å². The van der Waals surface area contributed by atoms with E-state index in [-0.39, 0.29) is 0 Å². The predicted octanol–water partition coefficient (Wildman–Crippen LogP) is 0.252. The molecule has 1 fully saturated rings. The maximum atomic E-state index is 5.22. The van der Waals surface area contributed by atoms with Gasteiger partial charge in [0.05, 0.1) is 25.1 Å². The highest BCUT2D eigenvalue weighted by atomic mass is 16.5. The molecule has 0 aromatic carbocycles. The van der Waals surface area contributed by atoms with Crippen molar-refractivity contribution in [1.82, 2.24) is 15.5 Å². The van der Waals surface area contributed by atoms with Gasteiger partial charge < -0.3 is 4.74 Å². The summed E-state index contributed by atoms with van der Waals surface area (Å²) in [6.07, 6.45) is 3.45. The Bertz CT molecular complexity index is 308. The molecule has 1 saturated heterocycles. The number of hydrazone groups is 1. The third-order valence-electron chi connectivity index (χ3n) is 2.09. The Hall–Kier alpha value is -1.46. The summed E-state index contributed by atoms with van der Waals surface area (Å²) in [6, 6.07) is 5.72. The van der Waals surface area contributed by atoms with Crippen LogP contribution in [0.3, 0.4) is 0 Å². The highest BCUT2D eigenvalue weighted by molar-refractivity contribution is 5.76. The highest BCUT2D eigenvalue weighted by Crippen LogP contribution is 1.92. The molecule has 1 aromatic heterocycles. The predicted molar refractivity (Wildman–Crippen MR) is 57.4 cm³/mol. The Morgan fingerprint density at radius 2 is 2.27 bits per heavy atom. The first-order valence-corrected chi connectivity index (χ1v) is 4.97. The lowest BCUT2D eigenvalue weighted by atomic mass is 10.4. The molecule has 2 heterocycles. The number of hydrazine groups is 1. The topological polar surface area (TPSA) is 49.8 Å². The fourth-order valence-corrected chi connectivity index (χ4v) is 1.29. The normalized spacial score (nSPS) is 18.1. The molecule has 15 heavy (non-hydrogen) atoms. The van der Waals surface area contributed by atoms with Gasteiger partial charge in [-0.1, -0.05) is 6.07 Å². The van der Waals surface area contributed by atoms with E-state index in [4.69, 9.17) is 4.74 Å². The van der Waals surface area contributed by atoms with Crippen LogP contribution in [0.5, 0.6) is 0 Å². The number of morpholine rings is 1. The van der Waals surface area contributed by atoms with E-state index >= 15 is 0 Å². The van der Waals surface area contributed by atoms with Crippen LogP contribution in [0.1, 0.15) is 5.69 Å². The van der Waals surface area contributed by atoms with Gasteiger partial charge in [0.1, 0.15) is 0 Å². The van der Waals surface area contributed by atoms with E-state index < -0.39 is 0 Å². The Morgan fingerprint density at radius 1 is 1.40 bits per heavy atom. The third-order valence-corrected chi connectivity index (χ3v) is 2.09. The Labute approximate surface area is 88.7 Å². The van der Waals surface area contributed by atoms with E-state index in [1.165, 1.54) is 0 Å². The molecule has 1 aromatic rings. The first-order valence-electron chi connectivity index (χ1n) is 4.97. The van der Waals surface area contributed by atoms with Gasteiger partial charge in [0.25, 0.3) is 0 Å². The van der Waals surface area contributed by atoms with Crippen molar-refractivity contribution in [3.63, 3.8) is 0 Å². The van der Waals surface area contributed by atoms with Crippen LogP contribution in [-0.4, -0.2) is 42.5 Å². The molecule has 1 aliphatic rings. The van der Waals surface area contributed by atoms with Crippen molar-refractivity contribution in [2.24, 2.45) is 5.10 Å². The summed E-state index contributed by atoms with van der Waals surface area (Å²) < 4.78 is 5.22. The first-order chi connectivity index (χ1) is 7.45. The average molecular weight is 206 g/mol. The summed E-state index contributed by atoms with van der Waals surface area (Å²) in [4.78, 5) is 4.13. The molecule has 1 aliphatic heterocycles. The van der Waals surface area contributed by atoms with Crippen molar-refractivity contribution in [2.45, 2.75) is 0 Å². The average Bonchev–Trinajstić information content (AvgIpc) is 2.32. The van der Waals surface area contributed by atoms with Crippen LogP contribution in [-0.2, 0) is 4.74 Å². The number of hydrogen-bond acceptors (Lipinski definition) is 5. The van der Waals surface area contributed by atoms with Crippen LogP contribution in [0.15, 0.2) is 29.5 Å². The lowest BCUT2D eigenvalue weighted by Crippen LogP contribution is -2.43. The molecule has 0 spiro atoms. The van der Waals surface area contributed by atoms with Gasteiger partial charge in [-0.2, -0.15) is 5.10 Å². The van der Waals surface area contributed by atoms with Crippen LogP contribution in [0, 0.1) is 0 Å². The smallest absolute Gasteiger partial charge is 0.0830 e. The second-order valence-electron chi connectivity index (χ2n) is 3.21. The van der Waals surface area contributed by atoms with Gasteiger partial charge in [0.15, 0.2) is 0 Å². The zero-order chi connectivity index (χ0) is 10.3. The molecule has 1 N–H and O–H groups in total. The van der Waals surface area contributed by atoms with Crippen LogP contribution in [0.4, 0.5) is 0 Å². The van der Waals surface area contributed by atoms with E-state index in [9.17, 15) is 0 Å². The lowest BCUT2D eigenvalue weighted by molar-refractivity contribution is 0.0128. The Morgan fingerprint density at radius 3 is 3.00 bits per heavy atom. The number of nitrogens with one attached hydrogen (secondary N) is 1. The van der Waals surface area contributed by atoms with Crippen molar-refractivity contribution in [2.75, 3.05) is 26.3 Å². The van der Waals surface area contributed by atoms with Gasteiger partial charge in [-0.05, 0) is 12.1 Å². The summed E-state index contributed by atoms with van der Waals surface area (Å²) >= 11 is 0. The summed E-state index contributed by atoms with van der Waals surface area (Å²) in [5, 5.41) is 6.11. The Balaban J connectivity index is 1.79. The first kappa shape index (κ1) is 10.1. The van der Waals surface area contributed by atoms with Crippen LogP contribution < -0.4 is 5.53 Å². The maximum Gasteiger partial charge on any atom is 0.0830 e. The molecular formula is C10H14N4O. The van der Waals surface area contributed by atoms with Crippen molar-refractivity contribution in [3.05, 3.63) is 30.1 Å². The molecule has 0 radical (unpaired) electrons. The molecule has 0 saturated carbocycles.